The number of carbonyl (C=O) groups excluding carboxylic acids is 2. The van der Waals surface area contributed by atoms with Gasteiger partial charge in [-0.1, -0.05) is 0 Å². The molecule has 2 N–H and O–H groups in total. The molecule has 1 aromatic carbocycles. The van der Waals surface area contributed by atoms with Gasteiger partial charge in [-0.05, 0) is 57.9 Å². The van der Waals surface area contributed by atoms with Crippen molar-refractivity contribution in [3.63, 3.8) is 0 Å². The zero-order valence-corrected chi connectivity index (χ0v) is 14.4. The Balaban J connectivity index is 2.27. The van der Waals surface area contributed by atoms with Gasteiger partial charge in [0.05, 0.1) is 6.61 Å². The average Bonchev–Trinajstić information content (AvgIpc) is 2.50. The standard InChI is InChI=1S/C18H25NO5/c1-13(20)14-6-8-15(9-7-14)24-12-4-5-16(21)19-18(2,3)11-10-17(22)23/h6-9H,4-5,10-12H2,1-3H3,(H,19,21)(H,22,23). The molecule has 0 bridgehead atoms. The Morgan fingerprint density at radius 2 is 1.75 bits per heavy atom. The highest BCUT2D eigenvalue weighted by Gasteiger charge is 2.21. The maximum Gasteiger partial charge on any atom is 0.303 e. The number of carboxylic acids is 1. The Hall–Kier alpha value is -2.37. The van der Waals surface area contributed by atoms with Crippen LogP contribution in [-0.2, 0) is 9.59 Å². The summed E-state index contributed by atoms with van der Waals surface area (Å²) in [5, 5.41) is 11.5. The number of carboxylic acid groups (broad SMARTS) is 1. The fourth-order valence-electron chi connectivity index (χ4n) is 2.13. The average molecular weight is 335 g/mol. The molecule has 1 amide bonds. The molecule has 0 atom stereocenters. The SMILES string of the molecule is CC(=O)c1ccc(OCCCC(=O)NC(C)(C)CCC(=O)O)cc1. The largest absolute Gasteiger partial charge is 0.494 e. The highest BCUT2D eigenvalue weighted by Crippen LogP contribution is 2.14. The third kappa shape index (κ3) is 7.76. The Morgan fingerprint density at radius 1 is 1.12 bits per heavy atom. The van der Waals surface area contributed by atoms with Crippen LogP contribution in [0.15, 0.2) is 24.3 Å². The van der Waals surface area contributed by atoms with E-state index >= 15 is 0 Å². The molecule has 1 aromatic rings. The normalized spacial score (nSPS) is 11.0. The summed E-state index contributed by atoms with van der Waals surface area (Å²) in [6.07, 6.45) is 1.26. The molecule has 6 heteroatoms. The second-order valence-electron chi connectivity index (χ2n) is 6.36. The molecule has 0 spiro atoms. The van der Waals surface area contributed by atoms with Crippen molar-refractivity contribution in [2.24, 2.45) is 0 Å². The molecule has 0 aliphatic heterocycles. The van der Waals surface area contributed by atoms with Crippen molar-refractivity contribution in [2.75, 3.05) is 6.61 Å². The fourth-order valence-corrected chi connectivity index (χ4v) is 2.13. The van der Waals surface area contributed by atoms with Crippen molar-refractivity contribution in [3.05, 3.63) is 29.8 Å². The highest BCUT2D eigenvalue weighted by atomic mass is 16.5. The number of hydrogen-bond donors (Lipinski definition) is 2. The van der Waals surface area contributed by atoms with Gasteiger partial charge in [0.1, 0.15) is 5.75 Å². The molecule has 0 aliphatic carbocycles. The molecule has 0 unspecified atom stereocenters. The first-order chi connectivity index (χ1) is 11.2. The molecule has 24 heavy (non-hydrogen) atoms. The Kier molecular flexibility index (Phi) is 7.42. The number of ketones is 1. The Bertz CT molecular complexity index is 578. The van der Waals surface area contributed by atoms with Crippen molar-refractivity contribution in [1.82, 2.24) is 5.32 Å². The zero-order valence-electron chi connectivity index (χ0n) is 14.4. The lowest BCUT2D eigenvalue weighted by atomic mass is 9.98. The molecule has 0 heterocycles. The summed E-state index contributed by atoms with van der Waals surface area (Å²) in [7, 11) is 0. The van der Waals surface area contributed by atoms with E-state index in [1.807, 2.05) is 0 Å². The number of aliphatic carboxylic acids is 1. The van der Waals surface area contributed by atoms with Gasteiger partial charge in [-0.15, -0.1) is 0 Å². The Morgan fingerprint density at radius 3 is 2.29 bits per heavy atom. The summed E-state index contributed by atoms with van der Waals surface area (Å²) in [6, 6.07) is 6.86. The van der Waals surface area contributed by atoms with E-state index in [-0.39, 0.29) is 18.1 Å². The summed E-state index contributed by atoms with van der Waals surface area (Å²) in [5.74, 6) is -0.339. The van der Waals surface area contributed by atoms with Gasteiger partial charge in [-0.3, -0.25) is 14.4 Å². The molecule has 6 nitrogen and oxygen atoms in total. The van der Waals surface area contributed by atoms with Crippen molar-refractivity contribution < 1.29 is 24.2 Å². The first-order valence-electron chi connectivity index (χ1n) is 7.96. The van der Waals surface area contributed by atoms with Crippen LogP contribution in [0.5, 0.6) is 5.75 Å². The molecule has 132 valence electrons. The number of hydrogen-bond acceptors (Lipinski definition) is 4. The van der Waals surface area contributed by atoms with Gasteiger partial charge in [-0.2, -0.15) is 0 Å². The van der Waals surface area contributed by atoms with Crippen LogP contribution in [0, 0.1) is 0 Å². The van der Waals surface area contributed by atoms with Crippen LogP contribution in [0.25, 0.3) is 0 Å². The van der Waals surface area contributed by atoms with E-state index in [0.29, 0.717) is 37.2 Å². The van der Waals surface area contributed by atoms with Gasteiger partial charge in [0, 0.05) is 23.9 Å². The number of amides is 1. The molecule has 1 rings (SSSR count). The molecule has 0 aliphatic rings. The lowest BCUT2D eigenvalue weighted by molar-refractivity contribution is -0.137. The van der Waals surface area contributed by atoms with E-state index in [1.165, 1.54) is 6.92 Å². The van der Waals surface area contributed by atoms with Crippen LogP contribution < -0.4 is 10.1 Å². The van der Waals surface area contributed by atoms with Crippen LogP contribution in [-0.4, -0.2) is 34.9 Å². The van der Waals surface area contributed by atoms with Crippen LogP contribution in [0.4, 0.5) is 0 Å². The van der Waals surface area contributed by atoms with E-state index in [1.54, 1.807) is 38.1 Å². The number of nitrogens with one attached hydrogen (secondary N) is 1. The second-order valence-corrected chi connectivity index (χ2v) is 6.36. The number of Topliss-reactive ketones (excluding diaryl/α,β-unsaturated/α-hetero) is 1. The van der Waals surface area contributed by atoms with Gasteiger partial charge in [-0.25, -0.2) is 0 Å². The highest BCUT2D eigenvalue weighted by molar-refractivity contribution is 5.94. The van der Waals surface area contributed by atoms with Crippen LogP contribution in [0.2, 0.25) is 0 Å². The quantitative estimate of drug-likeness (QED) is 0.506. The van der Waals surface area contributed by atoms with Gasteiger partial charge in [0.15, 0.2) is 5.78 Å². The molecular weight excluding hydrogens is 310 g/mol. The zero-order chi connectivity index (χ0) is 18.2. The van der Waals surface area contributed by atoms with Gasteiger partial charge in [0.25, 0.3) is 0 Å². The minimum Gasteiger partial charge on any atom is -0.494 e. The van der Waals surface area contributed by atoms with E-state index in [9.17, 15) is 14.4 Å². The Labute approximate surface area is 142 Å². The monoisotopic (exact) mass is 335 g/mol. The van der Waals surface area contributed by atoms with Gasteiger partial charge >= 0.3 is 5.97 Å². The van der Waals surface area contributed by atoms with E-state index in [4.69, 9.17) is 9.84 Å². The molecule has 0 saturated carbocycles. The topological polar surface area (TPSA) is 92.7 Å². The molecule has 0 fully saturated rings. The predicted octanol–water partition coefficient (Wildman–Crippen LogP) is 2.81. The summed E-state index contributed by atoms with van der Waals surface area (Å²) in [5.41, 5.74) is 0.0871. The van der Waals surface area contributed by atoms with Crippen LogP contribution in [0.3, 0.4) is 0 Å². The first kappa shape index (κ1) is 19.7. The number of carbonyl (C=O) groups is 3. The predicted molar refractivity (Wildman–Crippen MR) is 90.3 cm³/mol. The number of rotatable bonds is 10. The van der Waals surface area contributed by atoms with Crippen molar-refractivity contribution >= 4 is 17.7 Å². The maximum atomic E-state index is 11.9. The van der Waals surface area contributed by atoms with Crippen molar-refractivity contribution in [2.45, 2.75) is 52.0 Å². The lowest BCUT2D eigenvalue weighted by Gasteiger charge is -2.25. The minimum absolute atomic E-state index is 0.00346. The van der Waals surface area contributed by atoms with Crippen LogP contribution in [0.1, 0.15) is 56.8 Å². The molecule has 0 saturated heterocycles. The van der Waals surface area contributed by atoms with E-state index in [0.717, 1.165) is 0 Å². The third-order valence-corrected chi connectivity index (χ3v) is 3.52. The van der Waals surface area contributed by atoms with Crippen molar-refractivity contribution in [3.8, 4) is 5.75 Å². The minimum atomic E-state index is -0.874. The van der Waals surface area contributed by atoms with Gasteiger partial charge in [0.2, 0.25) is 5.91 Å². The fraction of sp³-hybridized carbons (Fsp3) is 0.500. The summed E-state index contributed by atoms with van der Waals surface area (Å²) in [6.45, 7) is 5.51. The van der Waals surface area contributed by atoms with E-state index < -0.39 is 11.5 Å². The molecule has 0 radical (unpaired) electrons. The van der Waals surface area contributed by atoms with Crippen molar-refractivity contribution in [1.29, 1.82) is 0 Å². The maximum absolute atomic E-state index is 11.9. The third-order valence-electron chi connectivity index (χ3n) is 3.52. The number of ether oxygens (including phenoxy) is 1. The number of benzene rings is 1. The summed E-state index contributed by atoms with van der Waals surface area (Å²) < 4.78 is 5.53. The summed E-state index contributed by atoms with van der Waals surface area (Å²) >= 11 is 0. The van der Waals surface area contributed by atoms with Gasteiger partial charge < -0.3 is 15.2 Å². The first-order valence-corrected chi connectivity index (χ1v) is 7.96. The molecule has 0 aromatic heterocycles. The van der Waals surface area contributed by atoms with E-state index in [2.05, 4.69) is 5.32 Å². The lowest BCUT2D eigenvalue weighted by Crippen LogP contribution is -2.43. The second kappa shape index (κ2) is 9.05. The smallest absolute Gasteiger partial charge is 0.303 e. The summed E-state index contributed by atoms with van der Waals surface area (Å²) in [4.78, 5) is 33.6. The molecular formula is C18H25NO5. The van der Waals surface area contributed by atoms with Crippen LogP contribution >= 0.6 is 0 Å².